The molecule has 6 nitrogen and oxygen atoms in total. The van der Waals surface area contributed by atoms with E-state index in [9.17, 15) is 13.2 Å². The second-order valence-corrected chi connectivity index (χ2v) is 6.47. The van der Waals surface area contributed by atoms with Crippen LogP contribution in [0.15, 0.2) is 59.5 Å². The summed E-state index contributed by atoms with van der Waals surface area (Å²) >= 11 is 0. The Bertz CT molecular complexity index is 760. The average molecular weight is 320 g/mol. The normalized spacial score (nSPS) is 12.7. The van der Waals surface area contributed by atoms with Crippen molar-refractivity contribution >= 4 is 21.7 Å². The molecule has 4 N–H and O–H groups in total. The number of benzene rings is 2. The molecule has 0 spiro atoms. The third-order valence-electron chi connectivity index (χ3n) is 3.05. The van der Waals surface area contributed by atoms with E-state index in [2.05, 4.69) is 4.72 Å². The minimum Gasteiger partial charge on any atom is -0.481 e. The number of nitrogens with one attached hydrogen (secondary N) is 1. The van der Waals surface area contributed by atoms with Crippen LogP contribution in [-0.4, -0.2) is 19.5 Å². The number of rotatable bonds is 6. The lowest BCUT2D eigenvalue weighted by molar-refractivity contribution is -0.137. The third kappa shape index (κ3) is 4.06. The fourth-order valence-corrected chi connectivity index (χ4v) is 3.30. The molecule has 0 fully saturated rings. The number of carboxylic acids is 1. The van der Waals surface area contributed by atoms with Crippen molar-refractivity contribution in [3.63, 3.8) is 0 Å². The van der Waals surface area contributed by atoms with E-state index in [0.29, 0.717) is 11.3 Å². The largest absolute Gasteiger partial charge is 0.481 e. The number of hydrogen-bond acceptors (Lipinski definition) is 4. The Morgan fingerprint density at radius 3 is 2.41 bits per heavy atom. The molecule has 0 aliphatic carbocycles. The Morgan fingerprint density at radius 2 is 1.82 bits per heavy atom. The Kier molecular flexibility index (Phi) is 4.79. The Hall–Kier alpha value is -2.38. The first-order chi connectivity index (χ1) is 10.4. The van der Waals surface area contributed by atoms with E-state index in [1.165, 1.54) is 18.2 Å². The fourth-order valence-electron chi connectivity index (χ4n) is 2.02. The highest BCUT2D eigenvalue weighted by Crippen LogP contribution is 2.21. The van der Waals surface area contributed by atoms with Gasteiger partial charge in [0.25, 0.3) is 0 Å². The zero-order valence-electron chi connectivity index (χ0n) is 11.6. The molecule has 0 bridgehead atoms. The van der Waals surface area contributed by atoms with Gasteiger partial charge in [-0.2, -0.15) is 0 Å². The molecule has 1 unspecified atom stereocenters. The van der Waals surface area contributed by atoms with Gasteiger partial charge in [0.1, 0.15) is 0 Å². The maximum Gasteiger partial charge on any atom is 0.305 e. The summed E-state index contributed by atoms with van der Waals surface area (Å²) in [5, 5.41) is 9.00. The van der Waals surface area contributed by atoms with E-state index < -0.39 is 22.0 Å². The number of nitrogen functional groups attached to an aromatic ring is 1. The SMILES string of the molecule is Nc1cccc(S(=O)(=O)NC(CC(=O)O)c2ccccc2)c1. The van der Waals surface area contributed by atoms with E-state index in [0.717, 1.165) is 0 Å². The fraction of sp³-hybridized carbons (Fsp3) is 0.133. The van der Waals surface area contributed by atoms with Crippen LogP contribution in [-0.2, 0) is 14.8 Å². The van der Waals surface area contributed by atoms with Crippen LogP contribution >= 0.6 is 0 Å². The maximum absolute atomic E-state index is 12.4. The third-order valence-corrected chi connectivity index (χ3v) is 4.52. The summed E-state index contributed by atoms with van der Waals surface area (Å²) in [6, 6.07) is 13.5. The van der Waals surface area contributed by atoms with E-state index in [1.54, 1.807) is 36.4 Å². The number of hydrogen-bond donors (Lipinski definition) is 3. The van der Waals surface area contributed by atoms with Crippen LogP contribution in [0.1, 0.15) is 18.0 Å². The molecule has 0 aliphatic rings. The number of aliphatic carboxylic acids is 1. The smallest absolute Gasteiger partial charge is 0.305 e. The first-order valence-electron chi connectivity index (χ1n) is 6.53. The van der Waals surface area contributed by atoms with Crippen LogP contribution in [0.4, 0.5) is 5.69 Å². The van der Waals surface area contributed by atoms with Gasteiger partial charge in [0, 0.05) is 5.69 Å². The molecule has 2 rings (SSSR count). The van der Waals surface area contributed by atoms with Crippen molar-refractivity contribution in [1.82, 2.24) is 4.72 Å². The summed E-state index contributed by atoms with van der Waals surface area (Å²) in [4.78, 5) is 11.0. The molecule has 116 valence electrons. The van der Waals surface area contributed by atoms with E-state index in [-0.39, 0.29) is 11.3 Å². The number of anilines is 1. The quantitative estimate of drug-likeness (QED) is 0.703. The van der Waals surface area contributed by atoms with E-state index >= 15 is 0 Å². The topological polar surface area (TPSA) is 109 Å². The molecule has 0 aromatic heterocycles. The zero-order valence-corrected chi connectivity index (χ0v) is 12.5. The minimum atomic E-state index is -3.87. The van der Waals surface area contributed by atoms with Gasteiger partial charge < -0.3 is 10.8 Å². The van der Waals surface area contributed by atoms with Crippen LogP contribution in [0.3, 0.4) is 0 Å². The van der Waals surface area contributed by atoms with Gasteiger partial charge in [0.2, 0.25) is 10.0 Å². The van der Waals surface area contributed by atoms with Crippen LogP contribution in [0, 0.1) is 0 Å². The molecule has 0 aliphatic heterocycles. The molecule has 7 heteroatoms. The molecule has 0 amide bonds. The number of sulfonamides is 1. The van der Waals surface area contributed by atoms with E-state index in [1.807, 2.05) is 0 Å². The van der Waals surface area contributed by atoms with Gasteiger partial charge in [-0.05, 0) is 23.8 Å². The predicted octanol–water partition coefficient (Wildman–Crippen LogP) is 1.76. The molecule has 22 heavy (non-hydrogen) atoms. The Morgan fingerprint density at radius 1 is 1.14 bits per heavy atom. The van der Waals surface area contributed by atoms with Gasteiger partial charge in [0.05, 0.1) is 17.4 Å². The summed E-state index contributed by atoms with van der Waals surface area (Å²) in [5.41, 5.74) is 6.49. The van der Waals surface area contributed by atoms with Crippen LogP contribution in [0.25, 0.3) is 0 Å². The van der Waals surface area contributed by atoms with Gasteiger partial charge in [-0.25, -0.2) is 13.1 Å². The highest BCUT2D eigenvalue weighted by Gasteiger charge is 2.23. The number of carboxylic acid groups (broad SMARTS) is 1. The van der Waals surface area contributed by atoms with Gasteiger partial charge >= 0.3 is 5.97 Å². The minimum absolute atomic E-state index is 0.00109. The van der Waals surface area contributed by atoms with Crippen LogP contribution in [0.2, 0.25) is 0 Å². The van der Waals surface area contributed by atoms with Crippen molar-refractivity contribution in [2.24, 2.45) is 0 Å². The summed E-state index contributed by atoms with van der Waals surface area (Å²) in [5.74, 6) is -1.09. The standard InChI is InChI=1S/C15H16N2O4S/c16-12-7-4-8-13(9-12)22(20,21)17-14(10-15(18)19)11-5-2-1-3-6-11/h1-9,14,17H,10,16H2,(H,18,19). The van der Waals surface area contributed by atoms with E-state index in [4.69, 9.17) is 10.8 Å². The molecule has 0 saturated carbocycles. The van der Waals surface area contributed by atoms with Gasteiger partial charge in [-0.15, -0.1) is 0 Å². The summed E-state index contributed by atoms with van der Waals surface area (Å²) in [7, 11) is -3.87. The molecule has 2 aromatic rings. The van der Waals surface area contributed by atoms with Crippen molar-refractivity contribution in [2.75, 3.05) is 5.73 Å². The summed E-state index contributed by atoms with van der Waals surface area (Å²) in [6.07, 6.45) is -0.356. The lowest BCUT2D eigenvalue weighted by Gasteiger charge is -2.17. The molecular weight excluding hydrogens is 304 g/mol. The molecule has 0 radical (unpaired) electrons. The molecular formula is C15H16N2O4S. The second-order valence-electron chi connectivity index (χ2n) is 4.75. The van der Waals surface area contributed by atoms with Crippen LogP contribution < -0.4 is 10.5 Å². The van der Waals surface area contributed by atoms with Crippen molar-refractivity contribution in [3.05, 3.63) is 60.2 Å². The first kappa shape index (κ1) is 16.0. The Labute approximate surface area is 128 Å². The van der Waals surface area contributed by atoms with Crippen molar-refractivity contribution < 1.29 is 18.3 Å². The van der Waals surface area contributed by atoms with Gasteiger partial charge in [-0.1, -0.05) is 36.4 Å². The summed E-state index contributed by atoms with van der Waals surface area (Å²) < 4.78 is 27.2. The van der Waals surface area contributed by atoms with Crippen molar-refractivity contribution in [3.8, 4) is 0 Å². The zero-order chi connectivity index (χ0) is 16.2. The average Bonchev–Trinajstić information content (AvgIpc) is 2.47. The highest BCUT2D eigenvalue weighted by atomic mass is 32.2. The van der Waals surface area contributed by atoms with Crippen molar-refractivity contribution in [2.45, 2.75) is 17.4 Å². The lowest BCUT2D eigenvalue weighted by atomic mass is 10.1. The lowest BCUT2D eigenvalue weighted by Crippen LogP contribution is -2.30. The first-order valence-corrected chi connectivity index (χ1v) is 8.01. The van der Waals surface area contributed by atoms with Crippen molar-refractivity contribution in [1.29, 1.82) is 0 Å². The number of nitrogens with two attached hydrogens (primary N) is 1. The molecule has 0 heterocycles. The molecule has 2 aromatic carbocycles. The van der Waals surface area contributed by atoms with Gasteiger partial charge in [0.15, 0.2) is 0 Å². The molecule has 0 saturated heterocycles. The highest BCUT2D eigenvalue weighted by molar-refractivity contribution is 7.89. The number of carbonyl (C=O) groups is 1. The predicted molar refractivity (Wildman–Crippen MR) is 82.6 cm³/mol. The monoisotopic (exact) mass is 320 g/mol. The summed E-state index contributed by atoms with van der Waals surface area (Å²) in [6.45, 7) is 0. The van der Waals surface area contributed by atoms with Gasteiger partial charge in [-0.3, -0.25) is 4.79 Å². The Balaban J connectivity index is 2.32. The second kappa shape index (κ2) is 6.59. The van der Waals surface area contributed by atoms with Crippen LogP contribution in [0.5, 0.6) is 0 Å². The molecule has 1 atom stereocenters. The maximum atomic E-state index is 12.4.